The Morgan fingerprint density at radius 1 is 1.05 bits per heavy atom. The lowest BCUT2D eigenvalue weighted by atomic mass is 9.88. The molecule has 340 valence electrons. The molecular weight excluding hydrogens is 834 g/mol. The minimum atomic E-state index is -4.92. The van der Waals surface area contributed by atoms with Crippen LogP contribution in [0.1, 0.15) is 92.4 Å². The molecule has 4 fully saturated rings. The minimum Gasteiger partial charge on any atom is -0.497 e. The van der Waals surface area contributed by atoms with Gasteiger partial charge in [-0.05, 0) is 114 Å². The zero-order valence-electron chi connectivity index (χ0n) is 36.0. The van der Waals surface area contributed by atoms with Crippen LogP contribution in [0.2, 0.25) is 0 Å². The highest BCUT2D eigenvalue weighted by molar-refractivity contribution is 7.91. The molecule has 1 aromatic carbocycles. The number of alkyl carbamates (subject to hydrolysis) is 1. The number of allylic oxidation sites excluding steroid dienone is 1. The summed E-state index contributed by atoms with van der Waals surface area (Å²) in [5.41, 5.74) is -4.54. The van der Waals surface area contributed by atoms with Gasteiger partial charge in [0.2, 0.25) is 33.3 Å². The summed E-state index contributed by atoms with van der Waals surface area (Å²) in [6.07, 6.45) is 0.666. The van der Waals surface area contributed by atoms with Crippen LogP contribution in [0, 0.1) is 17.8 Å². The number of alkyl halides is 3. The first-order chi connectivity index (χ1) is 29.1. The summed E-state index contributed by atoms with van der Waals surface area (Å²) in [6.45, 7) is 7.96. The SMILES string of the molecule is COc1ccc2c(OC3CC4C(=O)NC5(C(=O)NS(=O)(=O)C6(C)CC6)CC5C=CCCC(C)CC(C)C(NC(=O)OC(C)(C)C(F)(F)F)C(=O)N4C3)nc(N3CCCC3)cc2c1. The normalized spacial score (nSPS) is 29.1. The zero-order valence-corrected chi connectivity index (χ0v) is 36.8. The summed E-state index contributed by atoms with van der Waals surface area (Å²) in [5.74, 6) is -2.14. The van der Waals surface area contributed by atoms with E-state index >= 15 is 0 Å². The molecule has 5 aliphatic rings. The van der Waals surface area contributed by atoms with E-state index < -0.39 is 85.9 Å². The van der Waals surface area contributed by atoms with E-state index in [4.69, 9.17) is 19.2 Å². The van der Waals surface area contributed by atoms with Crippen molar-refractivity contribution >= 4 is 50.4 Å². The number of hydrogen-bond donors (Lipinski definition) is 3. The molecule has 7 rings (SSSR count). The van der Waals surface area contributed by atoms with E-state index in [2.05, 4.69) is 20.3 Å². The number of pyridine rings is 1. The standard InChI is InChI=1S/C43H57F3N6O9S/c1-25-11-7-8-12-28-23-42(28,38(55)50-62(57,58)41(5)15-16-41)49-35(53)32-22-30(24-52(32)37(54)34(26(2)19-25)48-39(56)61-40(3,4)43(44,45)46)60-36-31-14-13-29(59-6)20-27(31)21-33(47-36)51-17-9-10-18-51/h8,12-14,20-21,25-26,28,30,32,34H,7,9-11,15-19,22-24H2,1-6H3,(H,48,56)(H,49,53)(H,50,55). The third-order valence-corrected chi connectivity index (χ3v) is 15.4. The monoisotopic (exact) mass is 890 g/mol. The summed E-state index contributed by atoms with van der Waals surface area (Å²) >= 11 is 0. The van der Waals surface area contributed by atoms with Crippen LogP contribution < -0.4 is 29.7 Å². The Balaban J connectivity index is 1.25. The lowest BCUT2D eigenvalue weighted by Crippen LogP contribution is -2.59. The Morgan fingerprint density at radius 2 is 1.76 bits per heavy atom. The third-order valence-electron chi connectivity index (χ3n) is 13.3. The molecule has 7 atom stereocenters. The third kappa shape index (κ3) is 9.14. The van der Waals surface area contributed by atoms with E-state index in [0.717, 1.165) is 31.3 Å². The van der Waals surface area contributed by atoms with Crippen LogP contribution in [-0.4, -0.2) is 109 Å². The van der Waals surface area contributed by atoms with Gasteiger partial charge in [-0.2, -0.15) is 18.2 Å². The number of nitrogens with zero attached hydrogens (tertiary/aromatic N) is 3. The molecule has 4 heterocycles. The van der Waals surface area contributed by atoms with Gasteiger partial charge in [0, 0.05) is 30.8 Å². The van der Waals surface area contributed by atoms with Crippen LogP contribution in [-0.2, 0) is 29.1 Å². The van der Waals surface area contributed by atoms with Gasteiger partial charge in [0.25, 0.3) is 5.91 Å². The number of anilines is 1. The van der Waals surface area contributed by atoms with Gasteiger partial charge in [-0.3, -0.25) is 19.1 Å². The van der Waals surface area contributed by atoms with Crippen molar-refractivity contribution < 1.29 is 55.0 Å². The number of fused-ring (bicyclic) bond motifs is 3. The zero-order chi connectivity index (χ0) is 45.0. The van der Waals surface area contributed by atoms with E-state index in [1.807, 2.05) is 25.1 Å². The number of sulfonamides is 1. The summed E-state index contributed by atoms with van der Waals surface area (Å²) in [6, 6.07) is 4.59. The number of carbonyl (C=O) groups is 4. The molecular formula is C43H57F3N6O9S. The number of amides is 4. The van der Waals surface area contributed by atoms with Gasteiger partial charge in [0.15, 0.2) is 0 Å². The second-order valence-electron chi connectivity index (χ2n) is 18.5. The first-order valence-electron chi connectivity index (χ1n) is 21.4. The molecule has 3 aliphatic heterocycles. The fourth-order valence-electron chi connectivity index (χ4n) is 8.72. The molecule has 2 saturated heterocycles. The van der Waals surface area contributed by atoms with Crippen molar-refractivity contribution in [3.8, 4) is 11.6 Å². The predicted molar refractivity (Wildman–Crippen MR) is 223 cm³/mol. The molecule has 0 radical (unpaired) electrons. The van der Waals surface area contributed by atoms with E-state index in [9.17, 15) is 40.8 Å². The Bertz CT molecular complexity index is 2230. The van der Waals surface area contributed by atoms with Crippen molar-refractivity contribution in [3.05, 3.63) is 36.4 Å². The van der Waals surface area contributed by atoms with E-state index in [0.29, 0.717) is 62.9 Å². The molecule has 2 saturated carbocycles. The molecule has 2 aromatic rings. The molecule has 0 spiro atoms. The maximum Gasteiger partial charge on any atom is 0.427 e. The van der Waals surface area contributed by atoms with Gasteiger partial charge in [0.1, 0.15) is 35.3 Å². The van der Waals surface area contributed by atoms with Crippen LogP contribution in [0.3, 0.4) is 0 Å². The fourth-order valence-corrected chi connectivity index (χ4v) is 10.0. The van der Waals surface area contributed by atoms with Gasteiger partial charge < -0.3 is 34.6 Å². The summed E-state index contributed by atoms with van der Waals surface area (Å²) in [7, 11) is -2.53. The van der Waals surface area contributed by atoms with Gasteiger partial charge in [-0.1, -0.05) is 26.0 Å². The van der Waals surface area contributed by atoms with Crippen molar-refractivity contribution in [1.82, 2.24) is 25.2 Å². The molecule has 0 bridgehead atoms. The van der Waals surface area contributed by atoms with Crippen molar-refractivity contribution in [2.75, 3.05) is 31.6 Å². The fraction of sp³-hybridized carbons (Fsp3) is 0.651. The van der Waals surface area contributed by atoms with E-state index in [1.54, 1.807) is 39.2 Å². The van der Waals surface area contributed by atoms with Gasteiger partial charge in [0.05, 0.1) is 18.4 Å². The van der Waals surface area contributed by atoms with Crippen LogP contribution >= 0.6 is 0 Å². The van der Waals surface area contributed by atoms with Crippen LogP contribution in [0.25, 0.3) is 10.8 Å². The highest BCUT2D eigenvalue weighted by Crippen LogP contribution is 2.48. The second-order valence-corrected chi connectivity index (χ2v) is 20.7. The smallest absolute Gasteiger partial charge is 0.427 e. The lowest BCUT2D eigenvalue weighted by Gasteiger charge is -2.34. The van der Waals surface area contributed by atoms with Crippen molar-refractivity contribution in [1.29, 1.82) is 0 Å². The molecule has 15 nitrogen and oxygen atoms in total. The molecule has 3 N–H and O–H groups in total. The van der Waals surface area contributed by atoms with Gasteiger partial charge in [-0.25, -0.2) is 13.2 Å². The minimum absolute atomic E-state index is 0.0396. The Morgan fingerprint density at radius 3 is 2.42 bits per heavy atom. The maximum atomic E-state index is 14.9. The Hall–Kier alpha value is -4.81. The van der Waals surface area contributed by atoms with Crippen molar-refractivity contribution in [3.63, 3.8) is 0 Å². The number of methoxy groups -OCH3 is 1. The number of aromatic nitrogens is 1. The van der Waals surface area contributed by atoms with Crippen LogP contribution in [0.5, 0.6) is 11.6 Å². The molecule has 62 heavy (non-hydrogen) atoms. The first kappa shape index (κ1) is 45.2. The summed E-state index contributed by atoms with van der Waals surface area (Å²) < 4.78 is 86.1. The van der Waals surface area contributed by atoms with Crippen LogP contribution in [0.15, 0.2) is 36.4 Å². The first-order valence-corrected chi connectivity index (χ1v) is 22.9. The molecule has 4 amide bonds. The predicted octanol–water partition coefficient (Wildman–Crippen LogP) is 5.51. The maximum absolute atomic E-state index is 14.9. The average molecular weight is 891 g/mol. The topological polar surface area (TPSA) is 186 Å². The lowest BCUT2D eigenvalue weighted by molar-refractivity contribution is -0.244. The number of hydrogen-bond acceptors (Lipinski definition) is 11. The number of nitrogens with one attached hydrogen (secondary N) is 3. The van der Waals surface area contributed by atoms with E-state index in [-0.39, 0.29) is 31.2 Å². The Labute approximate surface area is 359 Å². The van der Waals surface area contributed by atoms with Crippen LogP contribution in [0.4, 0.5) is 23.8 Å². The van der Waals surface area contributed by atoms with E-state index in [1.165, 1.54) is 4.90 Å². The Kier molecular flexibility index (Phi) is 12.2. The second kappa shape index (κ2) is 16.7. The van der Waals surface area contributed by atoms with Gasteiger partial charge >= 0.3 is 12.3 Å². The summed E-state index contributed by atoms with van der Waals surface area (Å²) in [5, 5.41) is 6.66. The van der Waals surface area contributed by atoms with Crippen molar-refractivity contribution in [2.24, 2.45) is 17.8 Å². The number of ether oxygens (including phenoxy) is 3. The number of rotatable bonds is 9. The molecule has 19 heteroatoms. The highest BCUT2D eigenvalue weighted by Gasteiger charge is 2.63. The van der Waals surface area contributed by atoms with Crippen molar-refractivity contribution in [2.45, 2.75) is 133 Å². The molecule has 1 aromatic heterocycles. The quantitative estimate of drug-likeness (QED) is 0.270. The molecule has 7 unspecified atom stereocenters. The average Bonchev–Trinajstić information content (AvgIpc) is 3.94. The number of carbonyl (C=O) groups excluding carboxylic acids is 4. The number of halogens is 3. The summed E-state index contributed by atoms with van der Waals surface area (Å²) in [4.78, 5) is 65.1. The van der Waals surface area contributed by atoms with Gasteiger partial charge in [-0.15, -0.1) is 0 Å². The largest absolute Gasteiger partial charge is 0.497 e. The number of benzene rings is 1. The molecule has 2 aliphatic carbocycles. The highest BCUT2D eigenvalue weighted by atomic mass is 32.2.